The summed E-state index contributed by atoms with van der Waals surface area (Å²) in [6, 6.07) is 11.4. The number of carbonyl (C=O) groups is 3. The summed E-state index contributed by atoms with van der Waals surface area (Å²) in [7, 11) is 2.85. The van der Waals surface area contributed by atoms with Gasteiger partial charge in [-0.3, -0.25) is 14.4 Å². The molecule has 0 bridgehead atoms. The number of hydrogen-bond acceptors (Lipinski definition) is 6. The lowest BCUT2D eigenvalue weighted by molar-refractivity contribution is -0.139. The van der Waals surface area contributed by atoms with Crippen molar-refractivity contribution in [1.82, 2.24) is 19.8 Å². The van der Waals surface area contributed by atoms with Crippen LogP contribution in [0, 0.1) is 0 Å². The molecule has 1 heterocycles. The van der Waals surface area contributed by atoms with Crippen molar-refractivity contribution in [2.75, 3.05) is 26.0 Å². The van der Waals surface area contributed by atoms with Gasteiger partial charge >= 0.3 is 6.18 Å². The molecule has 0 aliphatic rings. The molecule has 4 N–H and O–H groups in total. The highest BCUT2D eigenvalue weighted by Crippen LogP contribution is 2.36. The number of likely N-dealkylation sites (N-methyl/N-ethyl adjacent to an activating group) is 1. The van der Waals surface area contributed by atoms with Crippen LogP contribution in [0.15, 0.2) is 67.1 Å². The van der Waals surface area contributed by atoms with Crippen LogP contribution in [0.1, 0.15) is 36.6 Å². The summed E-state index contributed by atoms with van der Waals surface area (Å²) in [5.74, 6) is -1.99. The Bertz CT molecular complexity index is 1350. The van der Waals surface area contributed by atoms with Gasteiger partial charge in [0.25, 0.3) is 5.91 Å². The van der Waals surface area contributed by atoms with Crippen LogP contribution in [-0.4, -0.2) is 64.5 Å². The number of nitrogens with zero attached hydrogens (tertiary/aromatic N) is 3. The standard InChI is InChI=1S/C28H33F3N6O4/c1-27(2,32)26(40)34-21(16-41-15-18-10-6-5-7-11-18)24(38)35-22-14-37(17-33-22)23(25(39)36(3)4)19-12-8-9-13-20(19)28(29,30)31/h5-14,17,21,23H,15-16,32H2,1-4H3,(H,34,40)(H,35,38)/t21-,23?/m1/s1. The zero-order valence-corrected chi connectivity index (χ0v) is 23.1. The van der Waals surface area contributed by atoms with Crippen LogP contribution in [-0.2, 0) is 31.9 Å². The summed E-state index contributed by atoms with van der Waals surface area (Å²) < 4.78 is 48.2. The Labute approximate surface area is 235 Å². The number of nitrogens with two attached hydrogens (primary N) is 1. The van der Waals surface area contributed by atoms with Crippen molar-refractivity contribution in [2.24, 2.45) is 5.73 Å². The van der Waals surface area contributed by atoms with E-state index in [-0.39, 0.29) is 24.6 Å². The lowest BCUT2D eigenvalue weighted by atomic mass is 9.98. The number of carbonyl (C=O) groups excluding carboxylic acids is 3. The van der Waals surface area contributed by atoms with Gasteiger partial charge in [0.05, 0.1) is 30.6 Å². The lowest BCUT2D eigenvalue weighted by Crippen LogP contribution is -2.56. The van der Waals surface area contributed by atoms with Crippen LogP contribution < -0.4 is 16.4 Å². The number of halogens is 3. The molecule has 41 heavy (non-hydrogen) atoms. The molecule has 0 aliphatic heterocycles. The van der Waals surface area contributed by atoms with E-state index in [1.165, 1.54) is 61.8 Å². The average molecular weight is 575 g/mol. The molecule has 220 valence electrons. The van der Waals surface area contributed by atoms with E-state index in [1.807, 2.05) is 30.3 Å². The van der Waals surface area contributed by atoms with Gasteiger partial charge in [-0.15, -0.1) is 0 Å². The second-order valence-electron chi connectivity index (χ2n) is 10.2. The topological polar surface area (TPSA) is 132 Å². The highest BCUT2D eigenvalue weighted by molar-refractivity contribution is 5.98. The average Bonchev–Trinajstić information content (AvgIpc) is 3.35. The largest absolute Gasteiger partial charge is 0.416 e. The Morgan fingerprint density at radius 1 is 1.05 bits per heavy atom. The Morgan fingerprint density at radius 2 is 1.68 bits per heavy atom. The minimum atomic E-state index is -4.71. The molecule has 0 radical (unpaired) electrons. The molecule has 0 saturated heterocycles. The van der Waals surface area contributed by atoms with E-state index in [1.54, 1.807) is 0 Å². The summed E-state index contributed by atoms with van der Waals surface area (Å²) in [6.45, 7) is 2.92. The van der Waals surface area contributed by atoms with E-state index in [0.717, 1.165) is 18.0 Å². The van der Waals surface area contributed by atoms with Gasteiger partial charge < -0.3 is 30.6 Å². The molecular weight excluding hydrogens is 541 g/mol. The van der Waals surface area contributed by atoms with Crippen LogP contribution in [0.5, 0.6) is 0 Å². The maximum atomic E-state index is 13.8. The lowest BCUT2D eigenvalue weighted by Gasteiger charge is -2.25. The highest BCUT2D eigenvalue weighted by Gasteiger charge is 2.38. The molecule has 2 atom stereocenters. The number of nitrogens with one attached hydrogen (secondary N) is 2. The summed E-state index contributed by atoms with van der Waals surface area (Å²) >= 11 is 0. The number of benzene rings is 2. The normalized spacial score (nSPS) is 13.3. The second kappa shape index (κ2) is 13.0. The third-order valence-electron chi connectivity index (χ3n) is 5.99. The van der Waals surface area contributed by atoms with Gasteiger partial charge in [-0.2, -0.15) is 13.2 Å². The van der Waals surface area contributed by atoms with E-state index in [9.17, 15) is 27.6 Å². The SMILES string of the molecule is CN(C)C(=O)C(c1ccccc1C(F)(F)F)n1cnc(NC(=O)[C@@H](COCc2ccccc2)NC(=O)C(C)(C)N)c1. The summed E-state index contributed by atoms with van der Waals surface area (Å²) in [4.78, 5) is 44.0. The zero-order chi connectivity index (χ0) is 30.4. The van der Waals surface area contributed by atoms with Gasteiger partial charge in [-0.1, -0.05) is 48.5 Å². The number of hydrogen-bond donors (Lipinski definition) is 3. The zero-order valence-electron chi connectivity index (χ0n) is 23.1. The maximum Gasteiger partial charge on any atom is 0.416 e. The van der Waals surface area contributed by atoms with E-state index in [4.69, 9.17) is 10.5 Å². The number of rotatable bonds is 11. The monoisotopic (exact) mass is 574 g/mol. The number of anilines is 1. The molecular formula is C28H33F3N6O4. The Kier molecular flexibility index (Phi) is 9.89. The first-order valence-electron chi connectivity index (χ1n) is 12.6. The summed E-state index contributed by atoms with van der Waals surface area (Å²) in [5.41, 5.74) is 4.19. The molecule has 0 fully saturated rings. The first-order chi connectivity index (χ1) is 19.2. The number of amides is 3. The minimum absolute atomic E-state index is 0.0506. The predicted octanol–water partition coefficient (Wildman–Crippen LogP) is 2.96. The second-order valence-corrected chi connectivity index (χ2v) is 10.2. The van der Waals surface area contributed by atoms with Crippen molar-refractivity contribution in [3.8, 4) is 0 Å². The predicted molar refractivity (Wildman–Crippen MR) is 145 cm³/mol. The van der Waals surface area contributed by atoms with Gasteiger partial charge in [0, 0.05) is 20.3 Å². The van der Waals surface area contributed by atoms with Crippen LogP contribution in [0.3, 0.4) is 0 Å². The molecule has 3 rings (SSSR count). The molecule has 10 nitrogen and oxygen atoms in total. The molecule has 1 aromatic heterocycles. The molecule has 3 amide bonds. The molecule has 0 aliphatic carbocycles. The Balaban J connectivity index is 1.85. The molecule has 3 aromatic rings. The van der Waals surface area contributed by atoms with Gasteiger partial charge in [0.15, 0.2) is 5.82 Å². The van der Waals surface area contributed by atoms with E-state index < -0.39 is 47.1 Å². The third-order valence-corrected chi connectivity index (χ3v) is 5.99. The van der Waals surface area contributed by atoms with Crippen LogP contribution in [0.4, 0.5) is 19.0 Å². The molecule has 0 spiro atoms. The fraction of sp³-hybridized carbons (Fsp3) is 0.357. The van der Waals surface area contributed by atoms with Gasteiger partial charge in [0.1, 0.15) is 12.1 Å². The molecule has 2 aromatic carbocycles. The quantitative estimate of drug-likeness (QED) is 0.323. The number of ether oxygens (including phenoxy) is 1. The number of aromatic nitrogens is 2. The van der Waals surface area contributed by atoms with E-state index >= 15 is 0 Å². The molecule has 1 unspecified atom stereocenters. The van der Waals surface area contributed by atoms with Crippen molar-refractivity contribution in [1.29, 1.82) is 0 Å². The minimum Gasteiger partial charge on any atom is -0.374 e. The molecule has 13 heteroatoms. The smallest absolute Gasteiger partial charge is 0.374 e. The first kappa shape index (κ1) is 31.3. The Morgan fingerprint density at radius 3 is 2.29 bits per heavy atom. The van der Waals surface area contributed by atoms with Crippen LogP contribution in [0.2, 0.25) is 0 Å². The fourth-order valence-electron chi connectivity index (χ4n) is 3.81. The van der Waals surface area contributed by atoms with E-state index in [2.05, 4.69) is 15.6 Å². The maximum absolute atomic E-state index is 13.8. The van der Waals surface area contributed by atoms with Crippen molar-refractivity contribution in [2.45, 2.75) is 44.3 Å². The molecule has 0 saturated carbocycles. The summed E-state index contributed by atoms with van der Waals surface area (Å²) in [5, 5.41) is 5.09. The first-order valence-corrected chi connectivity index (χ1v) is 12.6. The number of alkyl halides is 3. The van der Waals surface area contributed by atoms with Crippen molar-refractivity contribution < 1.29 is 32.3 Å². The van der Waals surface area contributed by atoms with E-state index in [0.29, 0.717) is 0 Å². The van der Waals surface area contributed by atoms with Crippen LogP contribution >= 0.6 is 0 Å². The highest BCUT2D eigenvalue weighted by atomic mass is 19.4. The van der Waals surface area contributed by atoms with Crippen molar-refractivity contribution >= 4 is 23.5 Å². The number of imidazole rings is 1. The van der Waals surface area contributed by atoms with Gasteiger partial charge in [-0.25, -0.2) is 4.98 Å². The Hall–Kier alpha value is -4.23. The van der Waals surface area contributed by atoms with Gasteiger partial charge in [-0.05, 0) is 31.0 Å². The summed E-state index contributed by atoms with van der Waals surface area (Å²) in [6.07, 6.45) is -2.31. The third kappa shape index (κ3) is 8.38. The fourth-order valence-corrected chi connectivity index (χ4v) is 3.81. The van der Waals surface area contributed by atoms with Crippen molar-refractivity contribution in [3.05, 3.63) is 83.8 Å². The van der Waals surface area contributed by atoms with Crippen LogP contribution in [0.25, 0.3) is 0 Å². The van der Waals surface area contributed by atoms with Gasteiger partial charge in [0.2, 0.25) is 11.8 Å². The van der Waals surface area contributed by atoms with Crippen molar-refractivity contribution in [3.63, 3.8) is 0 Å².